The van der Waals surface area contributed by atoms with Crippen molar-refractivity contribution in [3.63, 3.8) is 0 Å². The Kier molecular flexibility index (Phi) is 3.97. The number of benzene rings is 2. The number of hydrogen-bond acceptors (Lipinski definition) is 7. The maximum atomic E-state index is 13.4. The standard InChI is InChI=1S/C21H14N2O6S/c22-17-15-13(11-3-1-2-4-12(11)29-21(15)28)14-16(30-17)19(25)23(18(14)24)10-7-5-9(6-8-10)20(26)27/h1-8,13-14,16H,22H2,(H,26,27)/t13-,14-,16-/m0/s1. The van der Waals surface area contributed by atoms with E-state index in [-0.39, 0.29) is 21.9 Å². The molecule has 3 heterocycles. The van der Waals surface area contributed by atoms with Gasteiger partial charge in [-0.15, -0.1) is 0 Å². The van der Waals surface area contributed by atoms with Crippen molar-refractivity contribution in [3.05, 3.63) is 70.3 Å². The van der Waals surface area contributed by atoms with Crippen LogP contribution in [0.25, 0.3) is 0 Å². The van der Waals surface area contributed by atoms with Crippen molar-refractivity contribution in [3.8, 4) is 5.75 Å². The summed E-state index contributed by atoms with van der Waals surface area (Å²) in [6.45, 7) is 0. The number of anilines is 1. The molecule has 2 aromatic rings. The van der Waals surface area contributed by atoms with E-state index in [9.17, 15) is 19.2 Å². The van der Waals surface area contributed by atoms with Gasteiger partial charge in [0, 0.05) is 11.5 Å². The van der Waals surface area contributed by atoms with Crippen LogP contribution in [0.1, 0.15) is 21.8 Å². The van der Waals surface area contributed by atoms with Gasteiger partial charge < -0.3 is 15.6 Å². The number of rotatable bonds is 2. The smallest absolute Gasteiger partial charge is 0.342 e. The predicted octanol–water partition coefficient (Wildman–Crippen LogP) is 1.86. The van der Waals surface area contributed by atoms with Gasteiger partial charge in [-0.2, -0.15) is 0 Å². The highest BCUT2D eigenvalue weighted by Crippen LogP contribution is 2.54. The molecule has 0 spiro atoms. The Hall–Kier alpha value is -3.59. The number of nitrogens with zero attached hydrogens (tertiary/aromatic N) is 1. The third kappa shape index (κ3) is 2.48. The molecular weight excluding hydrogens is 408 g/mol. The molecule has 9 heteroatoms. The van der Waals surface area contributed by atoms with Crippen molar-refractivity contribution in [2.24, 2.45) is 11.7 Å². The molecule has 1 saturated heterocycles. The summed E-state index contributed by atoms with van der Waals surface area (Å²) in [5.74, 6) is -3.79. The molecule has 3 aliphatic rings. The summed E-state index contributed by atoms with van der Waals surface area (Å²) in [5, 5.41) is 8.46. The van der Waals surface area contributed by atoms with Crippen LogP contribution >= 0.6 is 11.8 Å². The number of hydrogen-bond donors (Lipinski definition) is 2. The number of imide groups is 1. The topological polar surface area (TPSA) is 127 Å². The lowest BCUT2D eigenvalue weighted by atomic mass is 9.77. The van der Waals surface area contributed by atoms with Crippen molar-refractivity contribution in [2.45, 2.75) is 11.2 Å². The number of carboxylic acids is 1. The summed E-state index contributed by atoms with van der Waals surface area (Å²) >= 11 is 0.990. The highest BCUT2D eigenvalue weighted by atomic mass is 32.2. The fourth-order valence-corrected chi connectivity index (χ4v) is 5.45. The zero-order valence-electron chi connectivity index (χ0n) is 15.3. The average Bonchev–Trinajstić information content (AvgIpc) is 2.97. The molecule has 150 valence electrons. The van der Waals surface area contributed by atoms with E-state index in [2.05, 4.69) is 0 Å². The number of carbonyl (C=O) groups is 4. The van der Waals surface area contributed by atoms with Crippen molar-refractivity contribution in [1.29, 1.82) is 0 Å². The van der Waals surface area contributed by atoms with Gasteiger partial charge >= 0.3 is 11.9 Å². The molecule has 0 bridgehead atoms. The molecule has 0 saturated carbocycles. The SMILES string of the molecule is NC1=C2C(=O)Oc3ccccc3[C@H]2[C@@H]2C(=O)N(c3ccc(C(=O)O)cc3)C(=O)[C@H]2S1. The summed E-state index contributed by atoms with van der Waals surface area (Å²) in [4.78, 5) is 51.3. The number of fused-ring (bicyclic) bond motifs is 5. The average molecular weight is 422 g/mol. The monoisotopic (exact) mass is 422 g/mol. The van der Waals surface area contributed by atoms with Gasteiger partial charge in [0.1, 0.15) is 11.0 Å². The van der Waals surface area contributed by atoms with Crippen LogP contribution < -0.4 is 15.4 Å². The van der Waals surface area contributed by atoms with Crippen LogP contribution in [0.15, 0.2) is 59.1 Å². The van der Waals surface area contributed by atoms with Gasteiger partial charge in [0.25, 0.3) is 0 Å². The molecule has 5 rings (SSSR count). The van der Waals surface area contributed by atoms with Crippen molar-refractivity contribution < 1.29 is 29.0 Å². The minimum absolute atomic E-state index is 0.0433. The van der Waals surface area contributed by atoms with E-state index in [1.807, 2.05) is 0 Å². The minimum Gasteiger partial charge on any atom is -0.478 e. The highest BCUT2D eigenvalue weighted by molar-refractivity contribution is 8.04. The van der Waals surface area contributed by atoms with E-state index >= 15 is 0 Å². The lowest BCUT2D eigenvalue weighted by Crippen LogP contribution is -2.39. The van der Waals surface area contributed by atoms with Gasteiger partial charge in [0.15, 0.2) is 0 Å². The summed E-state index contributed by atoms with van der Waals surface area (Å²) < 4.78 is 5.37. The largest absolute Gasteiger partial charge is 0.478 e. The first kappa shape index (κ1) is 18.4. The Morgan fingerprint density at radius 2 is 1.73 bits per heavy atom. The van der Waals surface area contributed by atoms with Gasteiger partial charge in [0.05, 0.1) is 27.8 Å². The first-order valence-corrected chi connectivity index (χ1v) is 9.95. The van der Waals surface area contributed by atoms with Gasteiger partial charge in [-0.1, -0.05) is 30.0 Å². The van der Waals surface area contributed by atoms with Gasteiger partial charge in [-0.25, -0.2) is 14.5 Å². The highest BCUT2D eigenvalue weighted by Gasteiger charge is 2.58. The zero-order chi connectivity index (χ0) is 21.2. The van der Waals surface area contributed by atoms with E-state index < -0.39 is 40.8 Å². The molecule has 3 aliphatic heterocycles. The molecule has 8 nitrogen and oxygen atoms in total. The van der Waals surface area contributed by atoms with Crippen LogP contribution in [0.5, 0.6) is 5.75 Å². The van der Waals surface area contributed by atoms with Crippen molar-refractivity contribution in [2.75, 3.05) is 4.90 Å². The first-order chi connectivity index (χ1) is 14.4. The Labute approximate surface area is 174 Å². The number of amides is 2. The maximum absolute atomic E-state index is 13.4. The molecule has 2 amide bonds. The number of aromatic carboxylic acids is 1. The van der Waals surface area contributed by atoms with Crippen LogP contribution in [-0.4, -0.2) is 34.1 Å². The number of carboxylic acid groups (broad SMARTS) is 1. The van der Waals surface area contributed by atoms with E-state index in [1.54, 1.807) is 24.3 Å². The third-order valence-corrected chi connectivity index (χ3v) is 6.76. The second-order valence-corrected chi connectivity index (χ2v) is 8.29. The maximum Gasteiger partial charge on any atom is 0.342 e. The molecule has 0 aromatic heterocycles. The van der Waals surface area contributed by atoms with E-state index in [0.717, 1.165) is 16.7 Å². The number of esters is 1. The predicted molar refractivity (Wildman–Crippen MR) is 107 cm³/mol. The fraction of sp³-hybridized carbons (Fsp3) is 0.143. The molecule has 30 heavy (non-hydrogen) atoms. The summed E-state index contributed by atoms with van der Waals surface area (Å²) in [7, 11) is 0. The summed E-state index contributed by atoms with van der Waals surface area (Å²) in [5.41, 5.74) is 7.28. The van der Waals surface area contributed by atoms with Crippen LogP contribution in [-0.2, 0) is 14.4 Å². The van der Waals surface area contributed by atoms with Gasteiger partial charge in [-0.05, 0) is 30.3 Å². The molecule has 3 N–H and O–H groups in total. The molecule has 0 unspecified atom stereocenters. The number of nitrogens with two attached hydrogens (primary N) is 1. The molecule has 1 fully saturated rings. The van der Waals surface area contributed by atoms with E-state index in [0.29, 0.717) is 11.3 Å². The number of para-hydroxylation sites is 1. The van der Waals surface area contributed by atoms with Crippen LogP contribution in [0, 0.1) is 5.92 Å². The normalized spacial score (nSPS) is 24.9. The quantitative estimate of drug-likeness (QED) is 0.427. The van der Waals surface area contributed by atoms with Crippen LogP contribution in [0.4, 0.5) is 5.69 Å². The third-order valence-electron chi connectivity index (χ3n) is 5.53. The zero-order valence-corrected chi connectivity index (χ0v) is 16.1. The lowest BCUT2D eigenvalue weighted by Gasteiger charge is -2.36. The lowest BCUT2D eigenvalue weighted by molar-refractivity contribution is -0.131. The Morgan fingerprint density at radius 1 is 1.03 bits per heavy atom. The van der Waals surface area contributed by atoms with Crippen molar-refractivity contribution in [1.82, 2.24) is 0 Å². The Morgan fingerprint density at radius 3 is 2.43 bits per heavy atom. The second kappa shape index (κ2) is 6.46. The molecular formula is C21H14N2O6S. The minimum atomic E-state index is -1.11. The van der Waals surface area contributed by atoms with Gasteiger partial charge in [0.2, 0.25) is 11.8 Å². The van der Waals surface area contributed by atoms with Gasteiger partial charge in [-0.3, -0.25) is 9.59 Å². The van der Waals surface area contributed by atoms with E-state index in [4.69, 9.17) is 15.6 Å². The van der Waals surface area contributed by atoms with Crippen molar-refractivity contribution >= 4 is 41.2 Å². The number of thioether (sulfide) groups is 1. The Bertz CT molecular complexity index is 1170. The molecule has 2 aromatic carbocycles. The molecule has 0 aliphatic carbocycles. The summed E-state index contributed by atoms with van der Waals surface area (Å²) in [6.07, 6.45) is 0. The molecule has 3 atom stereocenters. The first-order valence-electron chi connectivity index (χ1n) is 9.07. The Balaban J connectivity index is 1.61. The number of ether oxygens (including phenoxy) is 1. The number of carbonyl (C=O) groups excluding carboxylic acids is 3. The van der Waals surface area contributed by atoms with Crippen LogP contribution in [0.3, 0.4) is 0 Å². The van der Waals surface area contributed by atoms with Crippen LogP contribution in [0.2, 0.25) is 0 Å². The molecule has 0 radical (unpaired) electrons. The fourth-order valence-electron chi connectivity index (χ4n) is 4.21. The second-order valence-electron chi connectivity index (χ2n) is 7.11. The summed E-state index contributed by atoms with van der Waals surface area (Å²) in [6, 6.07) is 12.4. The van der Waals surface area contributed by atoms with E-state index in [1.165, 1.54) is 24.3 Å².